The molecule has 0 amide bonds. The zero-order valence-electron chi connectivity index (χ0n) is 7.88. The molecule has 0 bridgehead atoms. The van der Waals surface area contributed by atoms with Gasteiger partial charge in [0.05, 0.1) is 5.02 Å². The molecular formula is C10H14ClNS. The van der Waals surface area contributed by atoms with Crippen LogP contribution in [0.1, 0.15) is 24.6 Å². The fourth-order valence-electron chi connectivity index (χ4n) is 2.23. The minimum atomic E-state index is 0.350. The van der Waals surface area contributed by atoms with E-state index in [1.807, 2.05) is 6.07 Å². The largest absolute Gasteiger partial charge is 0.330 e. The average Bonchev–Trinajstić information content (AvgIpc) is 2.41. The quantitative estimate of drug-likeness (QED) is 0.806. The number of halogens is 1. The van der Waals surface area contributed by atoms with E-state index in [4.69, 9.17) is 17.3 Å². The second-order valence-electron chi connectivity index (χ2n) is 4.27. The Morgan fingerprint density at radius 2 is 2.31 bits per heavy atom. The molecule has 1 heterocycles. The molecule has 1 aromatic rings. The number of hydrogen-bond acceptors (Lipinski definition) is 2. The van der Waals surface area contributed by atoms with Crippen LogP contribution in [0.2, 0.25) is 5.02 Å². The topological polar surface area (TPSA) is 26.0 Å². The summed E-state index contributed by atoms with van der Waals surface area (Å²) in [7, 11) is 0. The molecule has 0 radical (unpaired) electrons. The highest BCUT2D eigenvalue weighted by Gasteiger charge is 2.58. The predicted molar refractivity (Wildman–Crippen MR) is 58.4 cm³/mol. The van der Waals surface area contributed by atoms with Crippen LogP contribution in [0.4, 0.5) is 0 Å². The van der Waals surface area contributed by atoms with Crippen molar-refractivity contribution in [2.75, 3.05) is 6.54 Å². The maximum absolute atomic E-state index is 6.09. The van der Waals surface area contributed by atoms with Crippen molar-refractivity contribution >= 4 is 22.9 Å². The molecule has 0 aliphatic heterocycles. The molecular weight excluding hydrogens is 202 g/mol. The van der Waals surface area contributed by atoms with Gasteiger partial charge in [0, 0.05) is 10.8 Å². The second kappa shape index (κ2) is 2.97. The SMILES string of the molecule is CC1(C)C(CN)C1c1sccc1Cl. The van der Waals surface area contributed by atoms with Crippen LogP contribution in [0, 0.1) is 11.3 Å². The van der Waals surface area contributed by atoms with Crippen molar-refractivity contribution in [3.63, 3.8) is 0 Å². The van der Waals surface area contributed by atoms with Gasteiger partial charge in [0.1, 0.15) is 0 Å². The molecule has 2 unspecified atom stereocenters. The highest BCUT2D eigenvalue weighted by atomic mass is 35.5. The van der Waals surface area contributed by atoms with Crippen LogP contribution in [-0.4, -0.2) is 6.54 Å². The monoisotopic (exact) mass is 215 g/mol. The molecule has 1 aliphatic carbocycles. The molecule has 1 aliphatic rings. The van der Waals surface area contributed by atoms with E-state index in [0.717, 1.165) is 11.6 Å². The van der Waals surface area contributed by atoms with Crippen LogP contribution >= 0.6 is 22.9 Å². The van der Waals surface area contributed by atoms with Gasteiger partial charge in [0.15, 0.2) is 0 Å². The van der Waals surface area contributed by atoms with E-state index in [1.165, 1.54) is 4.88 Å². The summed E-state index contributed by atoms with van der Waals surface area (Å²) in [6, 6.07) is 1.98. The molecule has 0 aromatic carbocycles. The van der Waals surface area contributed by atoms with Crippen LogP contribution in [0.25, 0.3) is 0 Å². The first kappa shape index (κ1) is 9.50. The molecule has 3 heteroatoms. The first-order valence-corrected chi connectivity index (χ1v) is 5.77. The Hall–Kier alpha value is -0.0500. The summed E-state index contributed by atoms with van der Waals surface area (Å²) in [5.41, 5.74) is 6.07. The van der Waals surface area contributed by atoms with E-state index >= 15 is 0 Å². The summed E-state index contributed by atoms with van der Waals surface area (Å²) in [6.45, 7) is 5.31. The summed E-state index contributed by atoms with van der Waals surface area (Å²) >= 11 is 7.85. The standard InChI is InChI=1S/C10H14ClNS/c1-10(2)6(5-12)8(10)9-7(11)3-4-13-9/h3-4,6,8H,5,12H2,1-2H3. The van der Waals surface area contributed by atoms with Crippen molar-refractivity contribution < 1.29 is 0 Å². The Kier molecular flexibility index (Phi) is 2.17. The van der Waals surface area contributed by atoms with Gasteiger partial charge in [-0.05, 0) is 29.3 Å². The molecule has 72 valence electrons. The highest BCUT2D eigenvalue weighted by Crippen LogP contribution is 2.65. The lowest BCUT2D eigenvalue weighted by molar-refractivity contribution is 0.559. The summed E-state index contributed by atoms with van der Waals surface area (Å²) in [5, 5.41) is 2.97. The normalized spacial score (nSPS) is 30.5. The Labute approximate surface area is 87.9 Å². The van der Waals surface area contributed by atoms with E-state index in [1.54, 1.807) is 11.3 Å². The van der Waals surface area contributed by atoms with Gasteiger partial charge < -0.3 is 5.73 Å². The maximum Gasteiger partial charge on any atom is 0.0548 e. The molecule has 1 nitrogen and oxygen atoms in total. The molecule has 1 aromatic heterocycles. The fraction of sp³-hybridized carbons (Fsp3) is 0.600. The maximum atomic E-state index is 6.09. The van der Waals surface area contributed by atoms with E-state index < -0.39 is 0 Å². The van der Waals surface area contributed by atoms with Crippen LogP contribution < -0.4 is 5.73 Å². The lowest BCUT2D eigenvalue weighted by atomic mass is 10.1. The summed E-state index contributed by atoms with van der Waals surface area (Å²) in [6.07, 6.45) is 0. The minimum Gasteiger partial charge on any atom is -0.330 e. The van der Waals surface area contributed by atoms with Crippen molar-refractivity contribution in [2.24, 2.45) is 17.1 Å². The molecule has 1 fully saturated rings. The highest BCUT2D eigenvalue weighted by molar-refractivity contribution is 7.10. The number of nitrogens with two attached hydrogens (primary N) is 1. The van der Waals surface area contributed by atoms with E-state index in [2.05, 4.69) is 19.2 Å². The Bertz CT molecular complexity index is 318. The Morgan fingerprint density at radius 1 is 1.62 bits per heavy atom. The second-order valence-corrected chi connectivity index (χ2v) is 5.63. The van der Waals surface area contributed by atoms with Crippen LogP contribution in [0.5, 0.6) is 0 Å². The van der Waals surface area contributed by atoms with Crippen LogP contribution in [0.3, 0.4) is 0 Å². The zero-order valence-corrected chi connectivity index (χ0v) is 9.45. The summed E-state index contributed by atoms with van der Waals surface area (Å²) < 4.78 is 0. The van der Waals surface area contributed by atoms with Gasteiger partial charge in [-0.1, -0.05) is 25.4 Å². The van der Waals surface area contributed by atoms with Crippen molar-refractivity contribution in [3.8, 4) is 0 Å². The molecule has 0 saturated heterocycles. The summed E-state index contributed by atoms with van der Waals surface area (Å²) in [5.74, 6) is 1.20. The van der Waals surface area contributed by atoms with Crippen molar-refractivity contribution in [3.05, 3.63) is 21.3 Å². The average molecular weight is 216 g/mol. The molecule has 2 rings (SSSR count). The third-order valence-corrected chi connectivity index (χ3v) is 4.67. The van der Waals surface area contributed by atoms with Gasteiger partial charge in [0.25, 0.3) is 0 Å². The number of rotatable bonds is 2. The minimum absolute atomic E-state index is 0.350. The molecule has 1 saturated carbocycles. The number of hydrogen-bond donors (Lipinski definition) is 1. The molecule has 2 atom stereocenters. The van der Waals surface area contributed by atoms with Crippen molar-refractivity contribution in [2.45, 2.75) is 19.8 Å². The van der Waals surface area contributed by atoms with Crippen LogP contribution in [0.15, 0.2) is 11.4 Å². The van der Waals surface area contributed by atoms with E-state index in [-0.39, 0.29) is 0 Å². The number of thiophene rings is 1. The first-order valence-electron chi connectivity index (χ1n) is 4.52. The molecule has 0 spiro atoms. The molecule has 13 heavy (non-hydrogen) atoms. The van der Waals surface area contributed by atoms with Gasteiger partial charge in [-0.25, -0.2) is 0 Å². The van der Waals surface area contributed by atoms with E-state index in [9.17, 15) is 0 Å². The lowest BCUT2D eigenvalue weighted by Gasteiger charge is -2.00. The molecule has 2 N–H and O–H groups in total. The van der Waals surface area contributed by atoms with Crippen molar-refractivity contribution in [1.29, 1.82) is 0 Å². The lowest BCUT2D eigenvalue weighted by Crippen LogP contribution is -2.05. The van der Waals surface area contributed by atoms with Gasteiger partial charge in [0.2, 0.25) is 0 Å². The Morgan fingerprint density at radius 3 is 2.69 bits per heavy atom. The third-order valence-electron chi connectivity index (χ3n) is 3.23. The third kappa shape index (κ3) is 1.32. The van der Waals surface area contributed by atoms with Gasteiger partial charge >= 0.3 is 0 Å². The van der Waals surface area contributed by atoms with Crippen molar-refractivity contribution in [1.82, 2.24) is 0 Å². The fourth-order valence-corrected chi connectivity index (χ4v) is 3.77. The van der Waals surface area contributed by atoms with Gasteiger partial charge in [-0.2, -0.15) is 0 Å². The van der Waals surface area contributed by atoms with Crippen LogP contribution in [-0.2, 0) is 0 Å². The van der Waals surface area contributed by atoms with E-state index in [0.29, 0.717) is 17.3 Å². The first-order chi connectivity index (χ1) is 6.09. The summed E-state index contributed by atoms with van der Waals surface area (Å²) in [4.78, 5) is 1.32. The van der Waals surface area contributed by atoms with Gasteiger partial charge in [-0.15, -0.1) is 11.3 Å². The smallest absolute Gasteiger partial charge is 0.0548 e. The zero-order chi connectivity index (χ0) is 9.64. The van der Waals surface area contributed by atoms with Gasteiger partial charge in [-0.3, -0.25) is 0 Å². The predicted octanol–water partition coefficient (Wildman–Crippen LogP) is 3.10. The Balaban J connectivity index is 2.26.